The average molecular weight is 711 g/mol. The van der Waals surface area contributed by atoms with Crippen LogP contribution < -0.4 is 88.5 Å². The summed E-state index contributed by atoms with van der Waals surface area (Å²) in [6.07, 6.45) is 0. The van der Waals surface area contributed by atoms with Crippen LogP contribution in [0.3, 0.4) is 0 Å². The van der Waals surface area contributed by atoms with Crippen LogP contribution >= 0.6 is 30.4 Å². The molecule has 23 heavy (non-hydrogen) atoms. The van der Waals surface area contributed by atoms with Crippen molar-refractivity contribution in [2.45, 2.75) is 0 Å². The van der Waals surface area contributed by atoms with Crippen LogP contribution in [-0.2, 0) is 35.0 Å². The van der Waals surface area contributed by atoms with Crippen LogP contribution in [0.2, 0.25) is 0 Å². The monoisotopic (exact) mass is 711 g/mol. The van der Waals surface area contributed by atoms with Gasteiger partial charge in [0.05, 0.1) is 0 Å². The molecule has 0 aromatic carbocycles. The van der Waals surface area contributed by atoms with Crippen molar-refractivity contribution >= 4 is 99.3 Å². The molecule has 0 aromatic heterocycles. The second-order valence-corrected chi connectivity index (χ2v) is 10.4. The van der Waals surface area contributed by atoms with E-state index in [2.05, 4.69) is 0 Å². The van der Waals surface area contributed by atoms with E-state index in [1.807, 2.05) is 0 Å². The first-order chi connectivity index (χ1) is 7.41. The molecule has 0 amide bonds. The molecule has 0 saturated carbocycles. The summed E-state index contributed by atoms with van der Waals surface area (Å²) in [7, 11) is -18.8. The Morgan fingerprint density at radius 1 is 0.739 bits per heavy atom. The fourth-order valence-electron chi connectivity index (χ4n) is 0.471. The van der Waals surface area contributed by atoms with Crippen molar-refractivity contribution in [2.24, 2.45) is 0 Å². The van der Waals surface area contributed by atoms with E-state index in [0.29, 0.717) is 0 Å². The van der Waals surface area contributed by atoms with E-state index < -0.39 is 42.2 Å². The summed E-state index contributed by atoms with van der Waals surface area (Å²) in [5, 5.41) is 0. The van der Waals surface area contributed by atoms with Crippen molar-refractivity contribution in [3.63, 3.8) is 0 Å². The maximum absolute atomic E-state index is 9.81. The number of rotatable bonds is 4. The van der Waals surface area contributed by atoms with Crippen LogP contribution in [0.1, 0.15) is 0 Å². The van der Waals surface area contributed by atoms with Crippen molar-refractivity contribution < 1.29 is 154 Å². The Hall–Kier alpha value is 5.13. The molecular weight excluding hydrogens is 697 g/mol. The summed E-state index contributed by atoms with van der Waals surface area (Å²) in [6, 6.07) is 0. The maximum Gasteiger partial charge on any atom is 1.00 e. The Labute approximate surface area is 258 Å². The summed E-state index contributed by atoms with van der Waals surface area (Å²) < 4.78 is 39.1. The number of hydrogen-bond donors (Lipinski definition) is 2. The van der Waals surface area contributed by atoms with Gasteiger partial charge in [0.2, 0.25) is 0 Å². The van der Waals surface area contributed by atoms with Gasteiger partial charge in [0.1, 0.15) is 27.0 Å². The molecule has 138 valence electrons. The molecule has 10 N–H and O–H groups in total. The fourth-order valence-corrected chi connectivity index (χ4v) is 4.24. The van der Waals surface area contributed by atoms with Gasteiger partial charge in [0.15, 0.2) is 0 Å². The zero-order valence-electron chi connectivity index (χ0n) is 11.7. The summed E-state index contributed by atoms with van der Waals surface area (Å²) in [5.74, 6) is -2.97. The van der Waals surface area contributed by atoms with E-state index in [1.54, 1.807) is 0 Å². The molecule has 0 aromatic rings. The average Bonchev–Trinajstić information content (AvgIpc) is 1.64. The van der Waals surface area contributed by atoms with Crippen molar-refractivity contribution in [3.8, 4) is 0 Å². The van der Waals surface area contributed by atoms with Crippen LogP contribution in [0.4, 0.5) is 0 Å². The Morgan fingerprint density at radius 2 is 0.870 bits per heavy atom. The molecule has 0 saturated heterocycles. The molecule has 0 rings (SSSR count). The van der Waals surface area contributed by atoms with Gasteiger partial charge in [-0.3, -0.25) is 0 Å². The van der Waals surface area contributed by atoms with E-state index in [1.165, 1.54) is 0 Å². The van der Waals surface area contributed by atoms with Gasteiger partial charge in [-0.15, -0.1) is 0 Å². The zero-order chi connectivity index (χ0) is 15.4. The van der Waals surface area contributed by atoms with Crippen LogP contribution in [0.5, 0.6) is 0 Å². The van der Waals surface area contributed by atoms with E-state index in [0.717, 1.165) is 0 Å². The SMILES string of the molecule is O.O.O=P([O-])(O)CP(=O)([O-])[OH2+].O=P([O-])(O)CP(=O)([O-])[OH2+].[Co].[Cs+].[Cs]. The van der Waals surface area contributed by atoms with Crippen LogP contribution in [-0.4, -0.2) is 111 Å². The maximum atomic E-state index is 9.81. The Morgan fingerprint density at radius 3 is 0.870 bits per heavy atom. The van der Waals surface area contributed by atoms with Gasteiger partial charge in [0.25, 0.3) is 15.2 Å². The minimum atomic E-state index is -4.80. The first-order valence-electron chi connectivity index (χ1n) is 3.57. The van der Waals surface area contributed by atoms with Crippen molar-refractivity contribution in [2.75, 3.05) is 11.8 Å². The Bertz CT molecular complexity index is 362. The molecule has 21 heteroatoms. The Kier molecular flexibility index (Phi) is 38.5. The van der Waals surface area contributed by atoms with Gasteiger partial charge in [-0.25, -0.2) is 9.13 Å². The molecule has 0 fully saturated rings. The Balaban J connectivity index is -0.0000000366. The molecule has 0 bridgehead atoms. The first-order valence-corrected chi connectivity index (χ1v) is 10.7. The van der Waals surface area contributed by atoms with E-state index >= 15 is 0 Å². The van der Waals surface area contributed by atoms with Crippen molar-refractivity contribution in [1.29, 1.82) is 0 Å². The minimum absolute atomic E-state index is 0. The minimum Gasteiger partial charge on any atom is -0.778 e. The van der Waals surface area contributed by atoms with Gasteiger partial charge in [0, 0.05) is 85.7 Å². The molecule has 14 nitrogen and oxygen atoms in total. The van der Waals surface area contributed by atoms with E-state index in [-0.39, 0.29) is 166 Å². The second kappa shape index (κ2) is 19.1. The van der Waals surface area contributed by atoms with Crippen LogP contribution in [0.15, 0.2) is 0 Å². The third kappa shape index (κ3) is 58.4. The van der Waals surface area contributed by atoms with Crippen LogP contribution in [0, 0.1) is 0 Å². The van der Waals surface area contributed by atoms with Gasteiger partial charge in [-0.2, -0.15) is 0 Å². The van der Waals surface area contributed by atoms with Gasteiger partial charge < -0.3 is 59.2 Å². The second-order valence-electron chi connectivity index (χ2n) is 2.90. The summed E-state index contributed by atoms with van der Waals surface area (Å²) >= 11 is 0. The predicted octanol–water partition coefficient (Wildman–Crippen LogP) is -9.49. The molecule has 2 radical (unpaired) electrons. The van der Waals surface area contributed by atoms with E-state index in [9.17, 15) is 37.8 Å². The molecule has 0 aliphatic rings. The van der Waals surface area contributed by atoms with Gasteiger partial charge in [-0.05, 0) is 0 Å². The molecule has 0 aliphatic heterocycles. The van der Waals surface area contributed by atoms with Crippen molar-refractivity contribution in [3.05, 3.63) is 0 Å². The third-order valence-corrected chi connectivity index (χ3v) is 6.57. The fraction of sp³-hybridized carbons (Fsp3) is 1.00. The summed E-state index contributed by atoms with van der Waals surface area (Å²) in [4.78, 5) is 66.9. The molecule has 4 atom stereocenters. The third-order valence-electron chi connectivity index (χ3n) is 0.730. The standard InChI is InChI=1S/2CH6O6P2.Co.2Cs.2H2O/c2*2-8(3,4)1-9(5,6)7;;;;;/h2*1H2,(H2,2,3,4)(H2,5,6,7);;;;2*1H2/q;;;;+1;;/p-2. The largest absolute Gasteiger partial charge is 1.00 e. The summed E-state index contributed by atoms with van der Waals surface area (Å²) in [5.41, 5.74) is 0. The quantitative estimate of drug-likeness (QED) is 0.205. The van der Waals surface area contributed by atoms with E-state index in [4.69, 9.17) is 19.6 Å². The predicted molar refractivity (Wildman–Crippen MR) is 64.8 cm³/mol. The van der Waals surface area contributed by atoms with Gasteiger partial charge >= 0.3 is 68.9 Å². The molecule has 0 heterocycles. The zero-order valence-corrected chi connectivity index (χ0v) is 28.9. The number of hydrogen-bond acceptors (Lipinski definition) is 8. The molecule has 0 aliphatic carbocycles. The van der Waals surface area contributed by atoms with Gasteiger partial charge in [-0.1, -0.05) is 0 Å². The molecule has 4 unspecified atom stereocenters. The summed E-state index contributed by atoms with van der Waals surface area (Å²) in [6.45, 7) is 0. The normalized spacial score (nSPS) is 19.1. The first kappa shape index (κ1) is 46.4. The molecule has 0 spiro atoms. The smallest absolute Gasteiger partial charge is 0.778 e. The van der Waals surface area contributed by atoms with Crippen LogP contribution in [0.25, 0.3) is 0 Å². The molecular formula is C2H14CoCs2O14P4-. The van der Waals surface area contributed by atoms with Crippen molar-refractivity contribution in [1.82, 2.24) is 0 Å². The topological polar surface area (TPSA) is 310 Å².